The van der Waals surface area contributed by atoms with Gasteiger partial charge in [-0.25, -0.2) is 4.79 Å². The van der Waals surface area contributed by atoms with E-state index >= 15 is 0 Å². The van der Waals surface area contributed by atoms with Crippen molar-refractivity contribution in [3.8, 4) is 0 Å². The minimum absolute atomic E-state index is 0.0260. The number of nitrogens with zero attached hydrogens (tertiary/aromatic N) is 1. The Bertz CT molecular complexity index is 810. The number of rotatable bonds is 4. The van der Waals surface area contributed by atoms with Gasteiger partial charge in [0.1, 0.15) is 0 Å². The van der Waals surface area contributed by atoms with Crippen molar-refractivity contribution in [3.63, 3.8) is 0 Å². The zero-order chi connectivity index (χ0) is 18.8. The summed E-state index contributed by atoms with van der Waals surface area (Å²) in [5.41, 5.74) is 1.61. The minimum Gasteiger partial charge on any atom is -0.465 e. The Morgan fingerprint density at radius 1 is 1.42 bits per heavy atom. The van der Waals surface area contributed by atoms with Crippen LogP contribution in [0, 0.1) is 0 Å². The van der Waals surface area contributed by atoms with Crippen molar-refractivity contribution < 1.29 is 19.1 Å². The van der Waals surface area contributed by atoms with Gasteiger partial charge in [-0.3, -0.25) is 4.79 Å². The lowest BCUT2D eigenvalue weighted by molar-refractivity contribution is -0.136. The first-order valence-corrected chi connectivity index (χ1v) is 9.08. The Morgan fingerprint density at radius 3 is 2.85 bits per heavy atom. The zero-order valence-corrected chi connectivity index (χ0v) is 16.1. The fraction of sp³-hybridized carbons (Fsp3) is 0.368. The van der Waals surface area contributed by atoms with E-state index in [0.29, 0.717) is 34.5 Å². The molecule has 0 unspecified atom stereocenters. The largest absolute Gasteiger partial charge is 0.465 e. The highest BCUT2D eigenvalue weighted by molar-refractivity contribution is 6.43. The number of allylic oxidation sites excluding steroid dienone is 1. The highest BCUT2D eigenvalue weighted by Gasteiger charge is 2.38. The Balaban J connectivity index is 2.02. The molecule has 26 heavy (non-hydrogen) atoms. The third-order valence-corrected chi connectivity index (χ3v) is 5.43. The van der Waals surface area contributed by atoms with Crippen LogP contribution in [0.3, 0.4) is 0 Å². The monoisotopic (exact) mass is 395 g/mol. The molecule has 0 N–H and O–H groups in total. The number of amides is 1. The predicted octanol–water partition coefficient (Wildman–Crippen LogP) is 3.85. The van der Waals surface area contributed by atoms with E-state index in [-0.39, 0.29) is 23.2 Å². The lowest BCUT2D eigenvalue weighted by atomic mass is 10.0. The van der Waals surface area contributed by atoms with Gasteiger partial charge in [-0.2, -0.15) is 0 Å². The van der Waals surface area contributed by atoms with Gasteiger partial charge in [0.15, 0.2) is 0 Å². The van der Waals surface area contributed by atoms with Crippen LogP contribution in [0.1, 0.15) is 25.3 Å². The molecule has 2 heterocycles. The second kappa shape index (κ2) is 7.82. The molecule has 1 amide bonds. The van der Waals surface area contributed by atoms with Crippen molar-refractivity contribution in [3.05, 3.63) is 50.7 Å². The molecule has 1 fully saturated rings. The smallest absolute Gasteiger partial charge is 0.340 e. The Hall–Kier alpha value is -1.82. The van der Waals surface area contributed by atoms with Crippen LogP contribution in [0.15, 0.2) is 35.0 Å². The first-order valence-electron chi connectivity index (χ1n) is 8.32. The third-order valence-electron chi connectivity index (χ3n) is 4.59. The second-order valence-corrected chi connectivity index (χ2v) is 6.99. The van der Waals surface area contributed by atoms with Gasteiger partial charge in [0, 0.05) is 12.3 Å². The molecule has 138 valence electrons. The summed E-state index contributed by atoms with van der Waals surface area (Å²) in [6.07, 6.45) is 3.42. The molecule has 0 bridgehead atoms. The van der Waals surface area contributed by atoms with Gasteiger partial charge in [-0.15, -0.1) is 0 Å². The molecule has 7 heteroatoms. The van der Waals surface area contributed by atoms with Crippen molar-refractivity contribution in [2.24, 2.45) is 0 Å². The number of methoxy groups -OCH3 is 1. The SMILES string of the molecule is COC(=O)C1=C(C)N(C[C@@H]2CCCO2)C(=O)/C1=C\c1cccc(Cl)c1Cl. The molecule has 0 radical (unpaired) electrons. The van der Waals surface area contributed by atoms with Gasteiger partial charge >= 0.3 is 5.97 Å². The van der Waals surface area contributed by atoms with Gasteiger partial charge in [0.25, 0.3) is 5.91 Å². The van der Waals surface area contributed by atoms with Gasteiger partial charge in [-0.05, 0) is 37.5 Å². The second-order valence-electron chi connectivity index (χ2n) is 6.20. The molecule has 5 nitrogen and oxygen atoms in total. The summed E-state index contributed by atoms with van der Waals surface area (Å²) in [4.78, 5) is 26.9. The molecule has 1 aromatic carbocycles. The molecular formula is C19H19Cl2NO4. The molecule has 0 saturated carbocycles. The molecule has 3 rings (SSSR count). The van der Waals surface area contributed by atoms with E-state index in [2.05, 4.69) is 0 Å². The Morgan fingerprint density at radius 2 is 2.19 bits per heavy atom. The molecule has 1 atom stereocenters. The fourth-order valence-electron chi connectivity index (χ4n) is 3.23. The van der Waals surface area contributed by atoms with Crippen LogP contribution in [0.25, 0.3) is 6.08 Å². The summed E-state index contributed by atoms with van der Waals surface area (Å²) in [6.45, 7) is 2.84. The van der Waals surface area contributed by atoms with Crippen LogP contribution in [-0.2, 0) is 19.1 Å². The van der Waals surface area contributed by atoms with Crippen LogP contribution in [-0.4, -0.2) is 43.1 Å². The maximum absolute atomic E-state index is 13.0. The molecule has 2 aliphatic rings. The average Bonchev–Trinajstić information content (AvgIpc) is 3.21. The summed E-state index contributed by atoms with van der Waals surface area (Å²) in [6, 6.07) is 5.13. The van der Waals surface area contributed by atoms with Gasteiger partial charge < -0.3 is 14.4 Å². The van der Waals surface area contributed by atoms with Crippen LogP contribution in [0.2, 0.25) is 10.0 Å². The van der Waals surface area contributed by atoms with E-state index in [1.807, 2.05) is 0 Å². The first kappa shape index (κ1) is 19.0. The summed E-state index contributed by atoms with van der Waals surface area (Å²) in [5, 5.41) is 0.705. The predicted molar refractivity (Wildman–Crippen MR) is 99.8 cm³/mol. The summed E-state index contributed by atoms with van der Waals surface area (Å²) in [5.74, 6) is -0.829. The molecule has 0 spiro atoms. The number of carbonyl (C=O) groups is 2. The van der Waals surface area contributed by atoms with E-state index in [9.17, 15) is 9.59 Å². The number of hydrogen-bond acceptors (Lipinski definition) is 4. The van der Waals surface area contributed by atoms with Gasteiger partial charge in [0.2, 0.25) is 0 Å². The van der Waals surface area contributed by atoms with Gasteiger partial charge in [-0.1, -0.05) is 35.3 Å². The third kappa shape index (κ3) is 3.52. The number of halogens is 2. The fourth-order valence-corrected chi connectivity index (χ4v) is 3.59. The van der Waals surface area contributed by atoms with Crippen molar-refractivity contribution in [1.82, 2.24) is 4.90 Å². The highest BCUT2D eigenvalue weighted by Crippen LogP contribution is 2.35. The summed E-state index contributed by atoms with van der Waals surface area (Å²) in [7, 11) is 1.29. The lowest BCUT2D eigenvalue weighted by Gasteiger charge is -2.21. The van der Waals surface area contributed by atoms with Crippen LogP contribution in [0.5, 0.6) is 0 Å². The molecule has 0 aliphatic carbocycles. The van der Waals surface area contributed by atoms with Crippen molar-refractivity contribution >= 4 is 41.2 Å². The first-order chi connectivity index (χ1) is 12.4. The minimum atomic E-state index is -0.560. The number of benzene rings is 1. The number of hydrogen-bond donors (Lipinski definition) is 0. The maximum atomic E-state index is 13.0. The van der Waals surface area contributed by atoms with Crippen molar-refractivity contribution in [1.29, 1.82) is 0 Å². The van der Waals surface area contributed by atoms with Crippen LogP contribution in [0.4, 0.5) is 0 Å². The molecule has 1 aromatic rings. The maximum Gasteiger partial charge on any atom is 0.340 e. The Labute approximate surface area is 162 Å². The van der Waals surface area contributed by atoms with E-state index in [1.165, 1.54) is 7.11 Å². The van der Waals surface area contributed by atoms with Crippen molar-refractivity contribution in [2.75, 3.05) is 20.3 Å². The van der Waals surface area contributed by atoms with E-state index in [1.54, 1.807) is 36.1 Å². The molecule has 0 aromatic heterocycles. The van der Waals surface area contributed by atoms with E-state index in [0.717, 1.165) is 12.8 Å². The number of carbonyl (C=O) groups excluding carboxylic acids is 2. The lowest BCUT2D eigenvalue weighted by Crippen LogP contribution is -2.33. The number of ether oxygens (including phenoxy) is 2. The Kier molecular flexibility index (Phi) is 5.70. The average molecular weight is 396 g/mol. The molecular weight excluding hydrogens is 377 g/mol. The van der Waals surface area contributed by atoms with E-state index < -0.39 is 5.97 Å². The molecule has 1 saturated heterocycles. The van der Waals surface area contributed by atoms with E-state index in [4.69, 9.17) is 32.7 Å². The normalized spacial score (nSPS) is 21.8. The summed E-state index contributed by atoms with van der Waals surface area (Å²) >= 11 is 12.3. The molecule has 2 aliphatic heterocycles. The standard InChI is InChI=1S/C19H19Cl2NO4/c1-11-16(19(24)25-2)14(9-12-5-3-7-15(20)17(12)21)18(23)22(11)10-13-6-4-8-26-13/h3,5,7,9,13H,4,6,8,10H2,1-2H3/b14-9-/t13-/m0/s1. The quantitative estimate of drug-likeness (QED) is 0.573. The summed E-state index contributed by atoms with van der Waals surface area (Å²) < 4.78 is 10.5. The van der Waals surface area contributed by atoms with Crippen molar-refractivity contribution in [2.45, 2.75) is 25.9 Å². The topological polar surface area (TPSA) is 55.8 Å². The van der Waals surface area contributed by atoms with Crippen LogP contribution < -0.4 is 0 Å². The zero-order valence-electron chi connectivity index (χ0n) is 14.6. The highest BCUT2D eigenvalue weighted by atomic mass is 35.5. The van der Waals surface area contributed by atoms with Crippen LogP contribution >= 0.6 is 23.2 Å². The number of esters is 1. The van der Waals surface area contributed by atoms with Gasteiger partial charge in [0.05, 0.1) is 40.9 Å².